The molecule has 1 aromatic carbocycles. The summed E-state index contributed by atoms with van der Waals surface area (Å²) in [6.07, 6.45) is 0.843. The van der Waals surface area contributed by atoms with E-state index in [1.807, 2.05) is 6.07 Å². The number of para-hydroxylation sites is 1. The summed E-state index contributed by atoms with van der Waals surface area (Å²) in [5, 5.41) is 11.3. The molecule has 0 saturated heterocycles. The molecule has 1 rings (SSSR count). The highest BCUT2D eigenvalue weighted by Gasteiger charge is 2.22. The Bertz CT molecular complexity index is 444. The molecule has 0 aliphatic rings. The monoisotopic (exact) mass is 263 g/mol. The maximum absolute atomic E-state index is 11.8. The van der Waals surface area contributed by atoms with Crippen LogP contribution in [0.3, 0.4) is 0 Å². The van der Waals surface area contributed by atoms with Crippen LogP contribution in [0.15, 0.2) is 43.0 Å². The zero-order valence-corrected chi connectivity index (χ0v) is 10.7. The van der Waals surface area contributed by atoms with E-state index < -0.39 is 24.0 Å². The molecule has 2 N–H and O–H groups in total. The summed E-state index contributed by atoms with van der Waals surface area (Å²) in [7, 11) is 0. The lowest BCUT2D eigenvalue weighted by atomic mass is 10.2. The molecule has 0 radical (unpaired) electrons. The van der Waals surface area contributed by atoms with Crippen molar-refractivity contribution < 1.29 is 19.4 Å². The number of rotatable bonds is 7. The van der Waals surface area contributed by atoms with E-state index in [1.165, 1.54) is 6.08 Å². The molecule has 0 aromatic heterocycles. The van der Waals surface area contributed by atoms with Gasteiger partial charge in [0.25, 0.3) is 5.91 Å². The Morgan fingerprint density at radius 3 is 2.58 bits per heavy atom. The molecule has 0 fully saturated rings. The first kappa shape index (κ1) is 14.8. The second-order valence-corrected chi connectivity index (χ2v) is 4.00. The van der Waals surface area contributed by atoms with E-state index in [0.717, 1.165) is 0 Å². The van der Waals surface area contributed by atoms with Gasteiger partial charge in [-0.2, -0.15) is 0 Å². The van der Waals surface area contributed by atoms with E-state index in [-0.39, 0.29) is 6.42 Å². The lowest BCUT2D eigenvalue weighted by Gasteiger charge is -2.18. The van der Waals surface area contributed by atoms with Crippen LogP contribution in [0, 0.1) is 0 Å². The number of carboxylic acids is 1. The third kappa shape index (κ3) is 4.83. The highest BCUT2D eigenvalue weighted by Crippen LogP contribution is 2.11. The summed E-state index contributed by atoms with van der Waals surface area (Å²) < 4.78 is 5.40. The lowest BCUT2D eigenvalue weighted by Crippen LogP contribution is -2.46. The molecule has 0 bridgehead atoms. The number of amides is 1. The maximum atomic E-state index is 11.8. The van der Waals surface area contributed by atoms with Gasteiger partial charge in [0.2, 0.25) is 0 Å². The zero-order valence-electron chi connectivity index (χ0n) is 10.7. The minimum atomic E-state index is -1.10. The van der Waals surface area contributed by atoms with Crippen LogP contribution in [-0.2, 0) is 9.59 Å². The van der Waals surface area contributed by atoms with Crippen molar-refractivity contribution in [2.24, 2.45) is 0 Å². The molecular weight excluding hydrogens is 246 g/mol. The van der Waals surface area contributed by atoms with E-state index >= 15 is 0 Å². The summed E-state index contributed by atoms with van der Waals surface area (Å²) in [6.45, 7) is 5.02. The van der Waals surface area contributed by atoms with Gasteiger partial charge in [0.05, 0.1) is 0 Å². The highest BCUT2D eigenvalue weighted by molar-refractivity contribution is 5.86. The Hall–Kier alpha value is -2.30. The molecule has 2 unspecified atom stereocenters. The largest absolute Gasteiger partial charge is 0.481 e. The Kier molecular flexibility index (Phi) is 5.60. The summed E-state index contributed by atoms with van der Waals surface area (Å²) in [5.41, 5.74) is 0. The molecule has 0 spiro atoms. The van der Waals surface area contributed by atoms with Crippen LogP contribution >= 0.6 is 0 Å². The molecule has 1 amide bonds. The molecule has 102 valence electrons. The Morgan fingerprint density at radius 1 is 1.42 bits per heavy atom. The smallest absolute Gasteiger partial charge is 0.326 e. The number of aliphatic carboxylic acids is 1. The molecule has 0 aliphatic carbocycles. The third-order valence-electron chi connectivity index (χ3n) is 2.44. The van der Waals surface area contributed by atoms with E-state index in [4.69, 9.17) is 9.84 Å². The average molecular weight is 263 g/mol. The van der Waals surface area contributed by atoms with Crippen LogP contribution in [0.1, 0.15) is 13.3 Å². The van der Waals surface area contributed by atoms with Gasteiger partial charge in [-0.1, -0.05) is 24.3 Å². The van der Waals surface area contributed by atoms with Gasteiger partial charge in [0.1, 0.15) is 11.8 Å². The predicted octanol–water partition coefficient (Wildman–Crippen LogP) is 1.60. The van der Waals surface area contributed by atoms with Gasteiger partial charge in [-0.15, -0.1) is 6.58 Å². The number of ether oxygens (including phenoxy) is 1. The maximum Gasteiger partial charge on any atom is 0.326 e. The number of carbonyl (C=O) groups is 2. The fourth-order valence-corrected chi connectivity index (χ4v) is 1.43. The van der Waals surface area contributed by atoms with Crippen molar-refractivity contribution in [2.75, 3.05) is 0 Å². The fraction of sp³-hybridized carbons (Fsp3) is 0.286. The van der Waals surface area contributed by atoms with Crippen molar-refractivity contribution in [3.63, 3.8) is 0 Å². The second kappa shape index (κ2) is 7.20. The zero-order chi connectivity index (χ0) is 14.3. The number of hydrogen-bond acceptors (Lipinski definition) is 3. The molecule has 1 aromatic rings. The first-order valence-electron chi connectivity index (χ1n) is 5.90. The second-order valence-electron chi connectivity index (χ2n) is 4.00. The predicted molar refractivity (Wildman–Crippen MR) is 70.9 cm³/mol. The van der Waals surface area contributed by atoms with Crippen molar-refractivity contribution in [2.45, 2.75) is 25.5 Å². The lowest BCUT2D eigenvalue weighted by molar-refractivity contribution is -0.142. The number of nitrogens with one attached hydrogen (secondary N) is 1. The third-order valence-corrected chi connectivity index (χ3v) is 2.44. The van der Waals surface area contributed by atoms with Crippen molar-refractivity contribution in [1.29, 1.82) is 0 Å². The molecular formula is C14H17NO4. The molecule has 5 nitrogen and oxygen atoms in total. The Balaban J connectivity index is 2.56. The molecule has 0 heterocycles. The van der Waals surface area contributed by atoms with Crippen molar-refractivity contribution in [3.8, 4) is 5.75 Å². The van der Waals surface area contributed by atoms with Gasteiger partial charge < -0.3 is 15.2 Å². The van der Waals surface area contributed by atoms with Crippen molar-refractivity contribution in [1.82, 2.24) is 5.32 Å². The van der Waals surface area contributed by atoms with Crippen molar-refractivity contribution >= 4 is 11.9 Å². The average Bonchev–Trinajstić information content (AvgIpc) is 2.39. The van der Waals surface area contributed by atoms with Gasteiger partial charge >= 0.3 is 5.97 Å². The van der Waals surface area contributed by atoms with E-state index in [0.29, 0.717) is 5.75 Å². The Labute approximate surface area is 111 Å². The number of carboxylic acid groups (broad SMARTS) is 1. The molecule has 2 atom stereocenters. The van der Waals surface area contributed by atoms with Crippen LogP contribution in [0.2, 0.25) is 0 Å². The molecule has 0 saturated carbocycles. The van der Waals surface area contributed by atoms with Crippen LogP contribution in [-0.4, -0.2) is 29.1 Å². The highest BCUT2D eigenvalue weighted by atomic mass is 16.5. The molecule has 19 heavy (non-hydrogen) atoms. The SMILES string of the molecule is C=CCC(NC(=O)C(C)Oc1ccccc1)C(=O)O. The van der Waals surface area contributed by atoms with E-state index in [9.17, 15) is 9.59 Å². The van der Waals surface area contributed by atoms with Gasteiger partial charge in [0.15, 0.2) is 6.10 Å². The number of benzene rings is 1. The van der Waals surface area contributed by atoms with Crippen molar-refractivity contribution in [3.05, 3.63) is 43.0 Å². The van der Waals surface area contributed by atoms with Gasteiger partial charge in [-0.05, 0) is 25.5 Å². The van der Waals surface area contributed by atoms with Crippen LogP contribution in [0.4, 0.5) is 0 Å². The van der Waals surface area contributed by atoms with E-state index in [2.05, 4.69) is 11.9 Å². The Morgan fingerprint density at radius 2 is 2.05 bits per heavy atom. The van der Waals surface area contributed by atoms with Crippen LogP contribution < -0.4 is 10.1 Å². The standard InChI is InChI=1S/C14H17NO4/c1-3-7-12(14(17)18)15-13(16)10(2)19-11-8-5-4-6-9-11/h3-6,8-10,12H,1,7H2,2H3,(H,15,16)(H,17,18). The van der Waals surface area contributed by atoms with E-state index in [1.54, 1.807) is 31.2 Å². The van der Waals surface area contributed by atoms with Crippen LogP contribution in [0.5, 0.6) is 5.75 Å². The van der Waals surface area contributed by atoms with Gasteiger partial charge in [0, 0.05) is 0 Å². The fourth-order valence-electron chi connectivity index (χ4n) is 1.43. The minimum absolute atomic E-state index is 0.166. The first-order valence-corrected chi connectivity index (χ1v) is 5.90. The number of carbonyl (C=O) groups excluding carboxylic acids is 1. The molecule has 0 aliphatic heterocycles. The van der Waals surface area contributed by atoms with Crippen LogP contribution in [0.25, 0.3) is 0 Å². The normalized spacial score (nSPS) is 13.1. The van der Waals surface area contributed by atoms with Gasteiger partial charge in [-0.25, -0.2) is 4.79 Å². The number of hydrogen-bond donors (Lipinski definition) is 2. The first-order chi connectivity index (χ1) is 9.04. The molecule has 5 heteroatoms. The van der Waals surface area contributed by atoms with Gasteiger partial charge in [-0.3, -0.25) is 4.79 Å². The summed E-state index contributed by atoms with van der Waals surface area (Å²) in [6, 6.07) is 7.88. The summed E-state index contributed by atoms with van der Waals surface area (Å²) in [5.74, 6) is -1.01. The minimum Gasteiger partial charge on any atom is -0.481 e. The summed E-state index contributed by atoms with van der Waals surface area (Å²) in [4.78, 5) is 22.7. The topological polar surface area (TPSA) is 75.6 Å². The summed E-state index contributed by atoms with van der Waals surface area (Å²) >= 11 is 0. The quantitative estimate of drug-likeness (QED) is 0.733.